The first-order valence-electron chi connectivity index (χ1n) is 7.15. The van der Waals surface area contributed by atoms with Gasteiger partial charge in [0.2, 0.25) is 0 Å². The van der Waals surface area contributed by atoms with Gasteiger partial charge < -0.3 is 5.32 Å². The van der Waals surface area contributed by atoms with Crippen molar-refractivity contribution in [3.05, 3.63) is 29.3 Å². The number of hydrogen-bond acceptors (Lipinski definition) is 3. The molecular weight excluding hydrogens is 310 g/mol. The van der Waals surface area contributed by atoms with Crippen LogP contribution < -0.4 is 5.32 Å². The number of carbonyl (C=O) groups excluding carboxylic acids is 1. The first kappa shape index (κ1) is 16.3. The summed E-state index contributed by atoms with van der Waals surface area (Å²) >= 11 is 0. The predicted molar refractivity (Wildman–Crippen MR) is 83.2 cm³/mol. The highest BCUT2D eigenvalue weighted by atomic mass is 35.7. The molecule has 1 aliphatic carbocycles. The molecule has 1 aromatic carbocycles. The molecule has 6 heteroatoms. The highest BCUT2D eigenvalue weighted by molar-refractivity contribution is 8.13. The quantitative estimate of drug-likeness (QED) is 0.862. The molecule has 1 amide bonds. The zero-order valence-corrected chi connectivity index (χ0v) is 13.9. The molecule has 1 aromatic rings. The van der Waals surface area contributed by atoms with Gasteiger partial charge in [-0.3, -0.25) is 4.79 Å². The summed E-state index contributed by atoms with van der Waals surface area (Å²) < 4.78 is 23.3. The first-order valence-corrected chi connectivity index (χ1v) is 9.46. The van der Waals surface area contributed by atoms with Gasteiger partial charge in [-0.1, -0.05) is 25.8 Å². The van der Waals surface area contributed by atoms with Crippen LogP contribution in [0.2, 0.25) is 0 Å². The Kier molecular flexibility index (Phi) is 4.63. The number of rotatable bonds is 4. The van der Waals surface area contributed by atoms with Gasteiger partial charge >= 0.3 is 0 Å². The van der Waals surface area contributed by atoms with E-state index in [0.717, 1.165) is 25.7 Å². The maximum Gasteiger partial charge on any atom is 0.261 e. The summed E-state index contributed by atoms with van der Waals surface area (Å²) in [5.41, 5.74) is 0.758. The molecule has 1 N–H and O–H groups in total. The Hall–Kier alpha value is -1.07. The zero-order chi connectivity index (χ0) is 15.7. The van der Waals surface area contributed by atoms with E-state index in [4.69, 9.17) is 10.7 Å². The van der Waals surface area contributed by atoms with E-state index in [-0.39, 0.29) is 16.3 Å². The molecule has 4 nitrogen and oxygen atoms in total. The van der Waals surface area contributed by atoms with Crippen LogP contribution in [0, 0.1) is 0 Å². The Bertz CT molecular complexity index is 649. The molecule has 0 unspecified atom stereocenters. The smallest absolute Gasteiger partial charge is 0.261 e. The molecule has 1 fully saturated rings. The van der Waals surface area contributed by atoms with Crippen LogP contribution in [0.5, 0.6) is 0 Å². The van der Waals surface area contributed by atoms with Crippen molar-refractivity contribution in [2.75, 3.05) is 0 Å². The van der Waals surface area contributed by atoms with Crippen LogP contribution in [-0.4, -0.2) is 19.9 Å². The fraction of sp³-hybridized carbons (Fsp3) is 0.533. The van der Waals surface area contributed by atoms with Crippen molar-refractivity contribution in [2.24, 2.45) is 0 Å². The molecule has 0 aliphatic heterocycles. The third-order valence-electron chi connectivity index (χ3n) is 4.10. The molecule has 0 saturated heterocycles. The van der Waals surface area contributed by atoms with Gasteiger partial charge in [-0.2, -0.15) is 0 Å². The van der Waals surface area contributed by atoms with Gasteiger partial charge in [0.05, 0.1) is 4.90 Å². The second-order valence-electron chi connectivity index (χ2n) is 5.84. The van der Waals surface area contributed by atoms with Crippen LogP contribution in [0.25, 0.3) is 0 Å². The van der Waals surface area contributed by atoms with Crippen LogP contribution in [0.3, 0.4) is 0 Å². The fourth-order valence-corrected chi connectivity index (χ4v) is 4.07. The third kappa shape index (κ3) is 3.77. The summed E-state index contributed by atoms with van der Waals surface area (Å²) in [6, 6.07) is 4.67. The van der Waals surface area contributed by atoms with Crippen LogP contribution in [-0.2, 0) is 15.5 Å². The van der Waals surface area contributed by atoms with Crippen LogP contribution in [0.1, 0.15) is 55.5 Å². The summed E-state index contributed by atoms with van der Waals surface area (Å²) in [4.78, 5) is 12.4. The normalized spacial score (nSPS) is 17.7. The molecule has 0 atom stereocenters. The number of amides is 1. The molecular formula is C15H20ClNO3S. The largest absolute Gasteiger partial charge is 0.347 e. The van der Waals surface area contributed by atoms with E-state index < -0.39 is 9.05 Å². The highest BCUT2D eigenvalue weighted by Crippen LogP contribution is 2.29. The average Bonchev–Trinajstić information content (AvgIpc) is 2.83. The van der Waals surface area contributed by atoms with E-state index >= 15 is 0 Å². The van der Waals surface area contributed by atoms with Crippen molar-refractivity contribution >= 4 is 25.6 Å². The predicted octanol–water partition coefficient (Wildman–Crippen LogP) is 3.24. The second kappa shape index (κ2) is 5.97. The van der Waals surface area contributed by atoms with Gasteiger partial charge in [-0.25, -0.2) is 8.42 Å². The summed E-state index contributed by atoms with van der Waals surface area (Å²) in [6.45, 7) is 3.87. The Morgan fingerprint density at radius 1 is 1.33 bits per heavy atom. The van der Waals surface area contributed by atoms with E-state index in [1.807, 2.05) is 13.8 Å². The standard InChI is InChI=1S/C15H20ClNO3S/c1-3-11-6-7-12(10-13(11)21(16,19)20)14(18)17-15(2)8-4-5-9-15/h6-7,10H,3-5,8-9H2,1-2H3,(H,17,18). The molecule has 0 radical (unpaired) electrons. The number of aryl methyl sites for hydroxylation is 1. The maximum absolute atomic E-state index is 12.3. The summed E-state index contributed by atoms with van der Waals surface area (Å²) in [5, 5.41) is 3.01. The topological polar surface area (TPSA) is 63.2 Å². The number of hydrogen-bond donors (Lipinski definition) is 1. The van der Waals surface area contributed by atoms with Crippen molar-refractivity contribution in [1.29, 1.82) is 0 Å². The lowest BCUT2D eigenvalue weighted by molar-refractivity contribution is 0.0908. The van der Waals surface area contributed by atoms with E-state index in [1.54, 1.807) is 12.1 Å². The minimum absolute atomic E-state index is 0.0240. The van der Waals surface area contributed by atoms with Crippen molar-refractivity contribution in [1.82, 2.24) is 5.32 Å². The Balaban J connectivity index is 2.30. The van der Waals surface area contributed by atoms with E-state index in [1.165, 1.54) is 6.07 Å². The minimum Gasteiger partial charge on any atom is -0.347 e. The lowest BCUT2D eigenvalue weighted by atomic mass is 9.99. The lowest BCUT2D eigenvalue weighted by Gasteiger charge is -2.25. The van der Waals surface area contributed by atoms with Gasteiger partial charge in [0, 0.05) is 21.8 Å². The van der Waals surface area contributed by atoms with Gasteiger partial charge in [-0.05, 0) is 43.9 Å². The van der Waals surface area contributed by atoms with Crippen molar-refractivity contribution < 1.29 is 13.2 Å². The summed E-state index contributed by atoms with van der Waals surface area (Å²) in [7, 11) is 1.61. The molecule has 2 rings (SSSR count). The van der Waals surface area contributed by atoms with Crippen molar-refractivity contribution in [2.45, 2.75) is 56.4 Å². The SMILES string of the molecule is CCc1ccc(C(=O)NC2(C)CCCC2)cc1S(=O)(=O)Cl. The van der Waals surface area contributed by atoms with Crippen LogP contribution in [0.15, 0.2) is 23.1 Å². The van der Waals surface area contributed by atoms with Crippen LogP contribution in [0.4, 0.5) is 0 Å². The van der Waals surface area contributed by atoms with Gasteiger partial charge in [0.25, 0.3) is 15.0 Å². The summed E-state index contributed by atoms with van der Waals surface area (Å²) in [5.74, 6) is -0.247. The van der Waals surface area contributed by atoms with Gasteiger partial charge in [0.15, 0.2) is 0 Å². The highest BCUT2D eigenvalue weighted by Gasteiger charge is 2.30. The molecule has 116 valence electrons. The van der Waals surface area contributed by atoms with Crippen molar-refractivity contribution in [3.63, 3.8) is 0 Å². The molecule has 0 aromatic heterocycles. The molecule has 0 spiro atoms. The van der Waals surface area contributed by atoms with Gasteiger partial charge in [-0.15, -0.1) is 0 Å². The van der Waals surface area contributed by atoms with E-state index in [0.29, 0.717) is 17.5 Å². The maximum atomic E-state index is 12.3. The number of nitrogens with one attached hydrogen (secondary N) is 1. The molecule has 0 heterocycles. The Morgan fingerprint density at radius 2 is 1.95 bits per heavy atom. The van der Waals surface area contributed by atoms with E-state index in [2.05, 4.69) is 5.32 Å². The van der Waals surface area contributed by atoms with Crippen LogP contribution >= 0.6 is 10.7 Å². The molecule has 0 bridgehead atoms. The first-order chi connectivity index (χ1) is 9.75. The molecule has 1 saturated carbocycles. The average molecular weight is 330 g/mol. The Labute approximate surface area is 130 Å². The lowest BCUT2D eigenvalue weighted by Crippen LogP contribution is -2.43. The number of benzene rings is 1. The summed E-state index contributed by atoms with van der Waals surface area (Å²) in [6.07, 6.45) is 4.65. The number of halogens is 1. The fourth-order valence-electron chi connectivity index (χ4n) is 2.84. The minimum atomic E-state index is -3.85. The van der Waals surface area contributed by atoms with Gasteiger partial charge in [0.1, 0.15) is 0 Å². The Morgan fingerprint density at radius 3 is 2.48 bits per heavy atom. The second-order valence-corrected chi connectivity index (χ2v) is 8.37. The monoisotopic (exact) mass is 329 g/mol. The molecule has 21 heavy (non-hydrogen) atoms. The third-order valence-corrected chi connectivity index (χ3v) is 5.50. The number of carbonyl (C=O) groups is 1. The van der Waals surface area contributed by atoms with Crippen molar-refractivity contribution in [3.8, 4) is 0 Å². The van der Waals surface area contributed by atoms with E-state index in [9.17, 15) is 13.2 Å². The molecule has 1 aliphatic rings. The zero-order valence-electron chi connectivity index (χ0n) is 12.3.